The van der Waals surface area contributed by atoms with Crippen molar-refractivity contribution in [1.29, 1.82) is 0 Å². The molecule has 2 aliphatic rings. The maximum absolute atomic E-state index is 2.43. The van der Waals surface area contributed by atoms with Crippen LogP contribution in [0.15, 0.2) is 23.9 Å². The maximum atomic E-state index is 2.43. The van der Waals surface area contributed by atoms with E-state index in [4.69, 9.17) is 0 Å². The third kappa shape index (κ3) is 0.855. The second-order valence-electron chi connectivity index (χ2n) is 4.22. The zero-order chi connectivity index (χ0) is 8.77. The lowest BCUT2D eigenvalue weighted by molar-refractivity contribution is 0.160. The quantitative estimate of drug-likeness (QED) is 0.496. The number of rotatable bonds is 0. The molecule has 1 nitrogen and oxygen atoms in total. The summed E-state index contributed by atoms with van der Waals surface area (Å²) in [4.78, 5) is 2.43. The first kappa shape index (κ1) is 7.90. The third-order valence-electron chi connectivity index (χ3n) is 3.59. The second kappa shape index (κ2) is 2.38. The Morgan fingerprint density at radius 1 is 1.58 bits per heavy atom. The van der Waals surface area contributed by atoms with Crippen LogP contribution >= 0.6 is 0 Å². The van der Waals surface area contributed by atoms with Crippen LogP contribution in [0.5, 0.6) is 0 Å². The normalized spacial score (nSPS) is 39.8. The van der Waals surface area contributed by atoms with Crippen molar-refractivity contribution in [3.05, 3.63) is 23.9 Å². The van der Waals surface area contributed by atoms with E-state index in [1.165, 1.54) is 18.5 Å². The monoisotopic (exact) mass is 163 g/mol. The summed E-state index contributed by atoms with van der Waals surface area (Å²) in [7, 11) is 2.21. The van der Waals surface area contributed by atoms with Crippen LogP contribution in [0.2, 0.25) is 0 Å². The van der Waals surface area contributed by atoms with Gasteiger partial charge in [-0.05, 0) is 26.7 Å². The van der Waals surface area contributed by atoms with Crippen LogP contribution in [0.4, 0.5) is 0 Å². The molecule has 0 fully saturated rings. The molecule has 2 rings (SSSR count). The predicted molar refractivity (Wildman–Crippen MR) is 51.8 cm³/mol. The number of hydrogen-bond acceptors (Lipinski definition) is 1. The van der Waals surface area contributed by atoms with Gasteiger partial charge in [-0.3, -0.25) is 0 Å². The largest absolute Gasteiger partial charge is 0.372 e. The molecule has 66 valence electrons. The third-order valence-corrected chi connectivity index (χ3v) is 3.59. The fourth-order valence-electron chi connectivity index (χ4n) is 2.39. The molecule has 0 spiro atoms. The lowest BCUT2D eigenvalue weighted by Gasteiger charge is -2.40. The van der Waals surface area contributed by atoms with Gasteiger partial charge in [-0.25, -0.2) is 0 Å². The summed E-state index contributed by atoms with van der Waals surface area (Å²) in [6.45, 7) is 4.57. The molecule has 0 aromatic heterocycles. The first-order valence-corrected chi connectivity index (χ1v) is 4.73. The van der Waals surface area contributed by atoms with Crippen molar-refractivity contribution < 1.29 is 0 Å². The van der Waals surface area contributed by atoms with Crippen molar-refractivity contribution in [3.63, 3.8) is 0 Å². The van der Waals surface area contributed by atoms with E-state index in [1.54, 1.807) is 0 Å². The number of hydrogen-bond donors (Lipinski definition) is 0. The molecule has 1 aliphatic heterocycles. The first-order chi connectivity index (χ1) is 5.64. The molecule has 0 aromatic rings. The molecule has 0 bridgehead atoms. The van der Waals surface area contributed by atoms with E-state index >= 15 is 0 Å². The van der Waals surface area contributed by atoms with Gasteiger partial charge in [0.1, 0.15) is 0 Å². The molecular weight excluding hydrogens is 146 g/mol. The predicted octanol–water partition coefficient (Wildman–Crippen LogP) is 2.56. The summed E-state index contributed by atoms with van der Waals surface area (Å²) in [5, 5.41) is 0. The fraction of sp³-hybridized carbons (Fsp3) is 0.636. The highest BCUT2D eigenvalue weighted by Crippen LogP contribution is 2.41. The standard InChI is InChI=1S/C11H17N/c1-9-8-10-6-4-5-7-11(10,2)12(9)3/h4,6,8,10H,5,7H2,1-3H3. The average molecular weight is 163 g/mol. The first-order valence-electron chi connectivity index (χ1n) is 4.73. The van der Waals surface area contributed by atoms with E-state index in [1.807, 2.05) is 0 Å². The highest BCUT2D eigenvalue weighted by Gasteiger charge is 2.41. The number of nitrogens with zero attached hydrogens (tertiary/aromatic N) is 1. The van der Waals surface area contributed by atoms with Crippen molar-refractivity contribution in [3.8, 4) is 0 Å². The minimum atomic E-state index is 0.374. The van der Waals surface area contributed by atoms with Gasteiger partial charge in [-0.15, -0.1) is 0 Å². The van der Waals surface area contributed by atoms with Gasteiger partial charge >= 0.3 is 0 Å². The van der Waals surface area contributed by atoms with Crippen molar-refractivity contribution in [2.45, 2.75) is 32.2 Å². The van der Waals surface area contributed by atoms with Gasteiger partial charge in [-0.2, -0.15) is 0 Å². The highest BCUT2D eigenvalue weighted by atomic mass is 15.2. The van der Waals surface area contributed by atoms with E-state index in [0.29, 0.717) is 11.5 Å². The second-order valence-corrected chi connectivity index (χ2v) is 4.22. The molecular formula is C11H17N. The molecule has 12 heavy (non-hydrogen) atoms. The molecule has 0 aromatic carbocycles. The van der Waals surface area contributed by atoms with Crippen LogP contribution in [-0.4, -0.2) is 17.5 Å². The Morgan fingerprint density at radius 3 is 3.00 bits per heavy atom. The maximum Gasteiger partial charge on any atom is 0.0468 e. The van der Waals surface area contributed by atoms with Crippen molar-refractivity contribution in [1.82, 2.24) is 4.90 Å². The van der Waals surface area contributed by atoms with Crippen molar-refractivity contribution in [2.75, 3.05) is 7.05 Å². The van der Waals surface area contributed by atoms with Gasteiger partial charge < -0.3 is 4.90 Å². The molecule has 0 radical (unpaired) electrons. The summed E-state index contributed by atoms with van der Waals surface area (Å²) in [6, 6.07) is 0. The van der Waals surface area contributed by atoms with E-state index in [-0.39, 0.29) is 0 Å². The van der Waals surface area contributed by atoms with E-state index in [9.17, 15) is 0 Å². The van der Waals surface area contributed by atoms with Crippen molar-refractivity contribution >= 4 is 0 Å². The van der Waals surface area contributed by atoms with Crippen LogP contribution in [0, 0.1) is 5.92 Å². The van der Waals surface area contributed by atoms with Crippen LogP contribution in [-0.2, 0) is 0 Å². The average Bonchev–Trinajstić information content (AvgIpc) is 2.28. The van der Waals surface area contributed by atoms with Gasteiger partial charge in [0.25, 0.3) is 0 Å². The van der Waals surface area contributed by atoms with Gasteiger partial charge in [0.2, 0.25) is 0 Å². The van der Waals surface area contributed by atoms with Crippen molar-refractivity contribution in [2.24, 2.45) is 5.92 Å². The van der Waals surface area contributed by atoms with Crippen LogP contribution < -0.4 is 0 Å². The molecule has 1 heterocycles. The summed E-state index contributed by atoms with van der Waals surface area (Å²) in [6.07, 6.45) is 9.58. The lowest BCUT2D eigenvalue weighted by Crippen LogP contribution is -2.44. The number of fused-ring (bicyclic) bond motifs is 1. The lowest BCUT2D eigenvalue weighted by atomic mass is 9.79. The fourth-order valence-corrected chi connectivity index (χ4v) is 2.39. The van der Waals surface area contributed by atoms with Crippen LogP contribution in [0.1, 0.15) is 26.7 Å². The van der Waals surface area contributed by atoms with Gasteiger partial charge in [0.05, 0.1) is 0 Å². The van der Waals surface area contributed by atoms with Gasteiger partial charge in [0.15, 0.2) is 0 Å². The summed E-state index contributed by atoms with van der Waals surface area (Å²) in [5.74, 6) is 0.649. The molecule has 2 atom stereocenters. The minimum Gasteiger partial charge on any atom is -0.372 e. The van der Waals surface area contributed by atoms with Crippen LogP contribution in [0.25, 0.3) is 0 Å². The smallest absolute Gasteiger partial charge is 0.0468 e. The van der Waals surface area contributed by atoms with E-state index in [2.05, 4.69) is 44.0 Å². The Kier molecular flexibility index (Phi) is 1.57. The summed E-state index contributed by atoms with van der Waals surface area (Å²) >= 11 is 0. The molecule has 1 aliphatic carbocycles. The molecule has 2 unspecified atom stereocenters. The summed E-state index contributed by atoms with van der Waals surface area (Å²) < 4.78 is 0. The van der Waals surface area contributed by atoms with E-state index in [0.717, 1.165) is 0 Å². The molecule has 0 saturated carbocycles. The zero-order valence-corrected chi connectivity index (χ0v) is 8.17. The molecule has 0 amide bonds. The Labute approximate surface area is 74.8 Å². The minimum absolute atomic E-state index is 0.374. The topological polar surface area (TPSA) is 3.24 Å². The Morgan fingerprint density at radius 2 is 2.33 bits per heavy atom. The number of allylic oxidation sites excluding steroid dienone is 2. The Balaban J connectivity index is 2.36. The van der Waals surface area contributed by atoms with Gasteiger partial charge in [-0.1, -0.05) is 18.2 Å². The van der Waals surface area contributed by atoms with Gasteiger partial charge in [0, 0.05) is 24.2 Å². The Bertz CT molecular complexity index is 252. The van der Waals surface area contributed by atoms with Crippen LogP contribution in [0.3, 0.4) is 0 Å². The SMILES string of the molecule is CC1=CC2C=CCCC2(C)N1C. The molecule has 0 N–H and O–H groups in total. The van der Waals surface area contributed by atoms with E-state index < -0.39 is 0 Å². The molecule has 1 heteroatoms. The Hall–Kier alpha value is -0.720. The summed E-state index contributed by atoms with van der Waals surface area (Å²) in [5.41, 5.74) is 1.80. The highest BCUT2D eigenvalue weighted by molar-refractivity contribution is 5.25. The zero-order valence-electron chi connectivity index (χ0n) is 8.17. The molecule has 0 saturated heterocycles.